The van der Waals surface area contributed by atoms with Gasteiger partial charge in [-0.3, -0.25) is 0 Å². The molecule has 0 bridgehead atoms. The maximum atomic E-state index is 12.7. The molecule has 1 aliphatic heterocycles. The number of carbonyl (C=O) groups excluding carboxylic acids is 1. The summed E-state index contributed by atoms with van der Waals surface area (Å²) in [5, 5.41) is 0. The fourth-order valence-electron chi connectivity index (χ4n) is 6.30. The van der Waals surface area contributed by atoms with E-state index in [0.717, 1.165) is 22.3 Å². The molecule has 0 amide bonds. The van der Waals surface area contributed by atoms with Crippen LogP contribution >= 0.6 is 0 Å². The lowest BCUT2D eigenvalue weighted by atomic mass is 9.97. The molecule has 0 unspecified atom stereocenters. The lowest BCUT2D eigenvalue weighted by molar-refractivity contribution is -0.310. The highest BCUT2D eigenvalue weighted by atomic mass is 16.7. The Hall–Kier alpha value is -5.61. The van der Waals surface area contributed by atoms with E-state index in [4.69, 9.17) is 33.2 Å². The average Bonchev–Trinajstić information content (AvgIpc) is 3.24. The summed E-state index contributed by atoms with van der Waals surface area (Å²) in [5.41, 5.74) is 4.52. The first-order valence-corrected chi connectivity index (χ1v) is 18.5. The number of benzene rings is 6. The Morgan fingerprint density at radius 3 is 1.38 bits per heavy atom. The third kappa shape index (κ3) is 11.0. The lowest BCUT2D eigenvalue weighted by Crippen LogP contribution is -2.62. The third-order valence-corrected chi connectivity index (χ3v) is 9.14. The molecule has 280 valence electrons. The quantitative estimate of drug-likeness (QED) is 0.0679. The van der Waals surface area contributed by atoms with Crippen LogP contribution < -0.4 is 9.47 Å². The summed E-state index contributed by atoms with van der Waals surface area (Å²) < 4.78 is 45.6. The van der Waals surface area contributed by atoms with E-state index >= 15 is 0 Å². The summed E-state index contributed by atoms with van der Waals surface area (Å²) in [6.07, 6.45) is -3.49. The van der Waals surface area contributed by atoms with Gasteiger partial charge in [0.2, 0.25) is 6.29 Å². The van der Waals surface area contributed by atoms with Gasteiger partial charge in [0.15, 0.2) is 0 Å². The summed E-state index contributed by atoms with van der Waals surface area (Å²) in [6.45, 7) is 1.53. The van der Waals surface area contributed by atoms with Crippen molar-refractivity contribution in [3.63, 3.8) is 0 Å². The third-order valence-electron chi connectivity index (χ3n) is 9.14. The molecule has 0 aliphatic carbocycles. The highest BCUT2D eigenvalue weighted by Crippen LogP contribution is 2.33. The van der Waals surface area contributed by atoms with Crippen LogP contribution in [-0.2, 0) is 50.1 Å². The number of rotatable bonds is 17. The zero-order valence-electron chi connectivity index (χ0n) is 30.4. The van der Waals surface area contributed by atoms with Crippen molar-refractivity contribution in [3.05, 3.63) is 204 Å². The van der Waals surface area contributed by atoms with Crippen molar-refractivity contribution in [1.29, 1.82) is 0 Å². The molecule has 6 aromatic carbocycles. The average molecular weight is 737 g/mol. The molecule has 0 radical (unpaired) electrons. The molecule has 0 spiro atoms. The first kappa shape index (κ1) is 37.7. The van der Waals surface area contributed by atoms with Crippen molar-refractivity contribution in [2.75, 3.05) is 6.61 Å². The summed E-state index contributed by atoms with van der Waals surface area (Å²) >= 11 is 0. The maximum Gasteiger partial charge on any atom is 0.343 e. The van der Waals surface area contributed by atoms with E-state index in [-0.39, 0.29) is 13.2 Å². The Morgan fingerprint density at radius 1 is 0.455 bits per heavy atom. The molecule has 1 heterocycles. The molecule has 1 fully saturated rings. The van der Waals surface area contributed by atoms with Gasteiger partial charge in [0.05, 0.1) is 38.6 Å². The van der Waals surface area contributed by atoms with Gasteiger partial charge in [0.25, 0.3) is 0 Å². The Bertz CT molecular complexity index is 2000. The van der Waals surface area contributed by atoms with Crippen LogP contribution in [0.5, 0.6) is 11.5 Å². The highest BCUT2D eigenvalue weighted by molar-refractivity contribution is 5.90. The van der Waals surface area contributed by atoms with Crippen LogP contribution in [0.3, 0.4) is 0 Å². The molecule has 7 rings (SSSR count). The van der Waals surface area contributed by atoms with Gasteiger partial charge >= 0.3 is 5.97 Å². The van der Waals surface area contributed by atoms with Gasteiger partial charge in [-0.05, 0) is 58.7 Å². The molecular weight excluding hydrogens is 693 g/mol. The monoisotopic (exact) mass is 736 g/mol. The summed E-state index contributed by atoms with van der Waals surface area (Å²) in [7, 11) is 0. The minimum absolute atomic E-state index is 0.208. The largest absolute Gasteiger partial charge is 0.462 e. The van der Waals surface area contributed by atoms with Crippen LogP contribution in [0.1, 0.15) is 32.6 Å². The minimum atomic E-state index is -0.927. The van der Waals surface area contributed by atoms with Gasteiger partial charge in [-0.15, -0.1) is 0 Å². The molecule has 55 heavy (non-hydrogen) atoms. The van der Waals surface area contributed by atoms with Crippen molar-refractivity contribution in [2.24, 2.45) is 0 Å². The summed E-state index contributed by atoms with van der Waals surface area (Å²) in [4.78, 5) is 12.7. The van der Waals surface area contributed by atoms with E-state index in [1.54, 1.807) is 48.5 Å². The van der Waals surface area contributed by atoms with Crippen LogP contribution in [-0.4, -0.2) is 43.3 Å². The second kappa shape index (κ2) is 19.6. The molecule has 5 atom stereocenters. The van der Waals surface area contributed by atoms with Crippen molar-refractivity contribution in [1.82, 2.24) is 0 Å². The van der Waals surface area contributed by atoms with E-state index in [2.05, 4.69) is 0 Å². The van der Waals surface area contributed by atoms with Gasteiger partial charge in [0.1, 0.15) is 35.9 Å². The fraction of sp³-hybridized carbons (Fsp3) is 0.213. The molecule has 8 nitrogen and oxygen atoms in total. The second-order valence-electron chi connectivity index (χ2n) is 13.2. The first-order chi connectivity index (χ1) is 27.2. The molecule has 8 heteroatoms. The minimum Gasteiger partial charge on any atom is -0.462 e. The van der Waals surface area contributed by atoms with Crippen LogP contribution in [0.25, 0.3) is 0 Å². The van der Waals surface area contributed by atoms with E-state index < -0.39 is 36.7 Å². The van der Waals surface area contributed by atoms with E-state index in [0.29, 0.717) is 36.9 Å². The Labute approximate surface area is 322 Å². The number of hydrogen-bond donors (Lipinski definition) is 0. The van der Waals surface area contributed by atoms with Gasteiger partial charge in [-0.2, -0.15) is 0 Å². The summed E-state index contributed by atoms with van der Waals surface area (Å²) in [5.74, 6) is 0.429. The highest BCUT2D eigenvalue weighted by Gasteiger charge is 2.49. The predicted molar refractivity (Wildman–Crippen MR) is 208 cm³/mol. The van der Waals surface area contributed by atoms with E-state index in [1.165, 1.54) is 0 Å². The molecule has 1 aliphatic rings. The number of hydrogen-bond acceptors (Lipinski definition) is 8. The molecule has 0 saturated carbocycles. The Kier molecular flexibility index (Phi) is 13.5. The van der Waals surface area contributed by atoms with Gasteiger partial charge in [0, 0.05) is 0 Å². The fourth-order valence-corrected chi connectivity index (χ4v) is 6.30. The predicted octanol–water partition coefficient (Wildman–Crippen LogP) is 8.98. The van der Waals surface area contributed by atoms with Crippen LogP contribution in [0.2, 0.25) is 0 Å². The van der Waals surface area contributed by atoms with Crippen molar-refractivity contribution in [3.8, 4) is 11.5 Å². The molecule has 1 saturated heterocycles. The van der Waals surface area contributed by atoms with Gasteiger partial charge < -0.3 is 33.2 Å². The van der Waals surface area contributed by atoms with E-state index in [1.807, 2.05) is 127 Å². The standard InChI is InChI=1S/C47H44O8/c48-46(39-24-14-5-15-25-39)53-40-26-28-41(29-27-40)54-47-45(52-33-38-22-12-4-13-23-38)44(51-32-37-20-10-3-11-21-37)43(50-31-36-18-8-2-9-19-36)42(55-47)34-49-30-35-16-6-1-7-17-35/h1-29,42-45,47H,30-34H2/t42-,43-,44+,45-,47-/m1/s1. The van der Waals surface area contributed by atoms with Crippen LogP contribution in [0, 0.1) is 0 Å². The zero-order chi connectivity index (χ0) is 37.5. The van der Waals surface area contributed by atoms with E-state index in [9.17, 15) is 4.79 Å². The van der Waals surface area contributed by atoms with Gasteiger partial charge in [-0.25, -0.2) is 4.79 Å². The Morgan fingerprint density at radius 2 is 0.873 bits per heavy atom. The first-order valence-electron chi connectivity index (χ1n) is 18.5. The smallest absolute Gasteiger partial charge is 0.343 e. The SMILES string of the molecule is O=C(Oc1ccc(O[C@@H]2O[C@H](COCc3ccccc3)[C@@H](OCc3ccccc3)[C@H](OCc3ccccc3)[C@H]2OCc2ccccc2)cc1)c1ccccc1. The summed E-state index contributed by atoms with van der Waals surface area (Å²) in [6, 6.07) is 55.7. The van der Waals surface area contributed by atoms with Crippen molar-refractivity contribution in [2.45, 2.75) is 57.1 Å². The molecule has 0 N–H and O–H groups in total. The van der Waals surface area contributed by atoms with Gasteiger partial charge in [-0.1, -0.05) is 140 Å². The topological polar surface area (TPSA) is 81.7 Å². The maximum absolute atomic E-state index is 12.7. The second-order valence-corrected chi connectivity index (χ2v) is 13.2. The van der Waals surface area contributed by atoms with Crippen molar-refractivity contribution < 1.29 is 38.0 Å². The Balaban J connectivity index is 1.17. The lowest BCUT2D eigenvalue weighted by Gasteiger charge is -2.45. The normalized spacial score (nSPS) is 19.4. The molecule has 6 aromatic rings. The number of esters is 1. The van der Waals surface area contributed by atoms with Crippen LogP contribution in [0.15, 0.2) is 176 Å². The molecule has 0 aromatic heterocycles. The van der Waals surface area contributed by atoms with Crippen LogP contribution in [0.4, 0.5) is 0 Å². The zero-order valence-corrected chi connectivity index (χ0v) is 30.4. The molecular formula is C47H44O8. The number of carbonyl (C=O) groups is 1. The van der Waals surface area contributed by atoms with Crippen molar-refractivity contribution >= 4 is 5.97 Å². The number of ether oxygens (including phenoxy) is 7.